The van der Waals surface area contributed by atoms with Gasteiger partial charge in [0.25, 0.3) is 0 Å². The number of nitrogens with one attached hydrogen (secondary N) is 2. The Kier molecular flexibility index (Phi) is 5.45. The highest BCUT2D eigenvalue weighted by Gasteiger charge is 2.22. The van der Waals surface area contributed by atoms with Gasteiger partial charge in [-0.1, -0.05) is 0 Å². The molecule has 0 saturated heterocycles. The van der Waals surface area contributed by atoms with Crippen LogP contribution in [0.2, 0.25) is 0 Å². The standard InChI is InChI=1S/C16H24N6O3/c1-16(2,3)25-15(24)12-7-19-21(5)13(12)8-18-11-6-20-22(9-11)10-14(23)17-4/h6-7,9,18H,8,10H2,1-5H3,(H,17,23). The number of hydrogen-bond donors (Lipinski definition) is 2. The van der Waals surface area contributed by atoms with Crippen molar-refractivity contribution in [2.24, 2.45) is 7.05 Å². The number of ether oxygens (including phenoxy) is 1. The summed E-state index contributed by atoms with van der Waals surface area (Å²) in [6.07, 6.45) is 4.84. The van der Waals surface area contributed by atoms with E-state index in [1.165, 1.54) is 10.9 Å². The number of rotatable bonds is 6. The Morgan fingerprint density at radius 1 is 1.24 bits per heavy atom. The zero-order chi connectivity index (χ0) is 18.6. The second kappa shape index (κ2) is 7.37. The first-order chi connectivity index (χ1) is 11.7. The van der Waals surface area contributed by atoms with Crippen LogP contribution in [0.5, 0.6) is 0 Å². The third-order valence-corrected chi connectivity index (χ3v) is 3.36. The van der Waals surface area contributed by atoms with Crippen molar-refractivity contribution in [1.82, 2.24) is 24.9 Å². The van der Waals surface area contributed by atoms with Gasteiger partial charge in [-0.25, -0.2) is 4.79 Å². The molecule has 0 atom stereocenters. The summed E-state index contributed by atoms with van der Waals surface area (Å²) in [5, 5.41) is 14.0. The molecule has 0 unspecified atom stereocenters. The smallest absolute Gasteiger partial charge is 0.342 e. The molecule has 2 heterocycles. The van der Waals surface area contributed by atoms with Gasteiger partial charge in [-0.2, -0.15) is 10.2 Å². The first kappa shape index (κ1) is 18.5. The fourth-order valence-electron chi connectivity index (χ4n) is 2.13. The Labute approximate surface area is 146 Å². The fraction of sp³-hybridized carbons (Fsp3) is 0.500. The Morgan fingerprint density at radius 2 is 1.96 bits per heavy atom. The molecule has 2 rings (SSSR count). The van der Waals surface area contributed by atoms with Gasteiger partial charge in [0.2, 0.25) is 5.91 Å². The molecular formula is C16H24N6O3. The number of hydrogen-bond acceptors (Lipinski definition) is 6. The van der Waals surface area contributed by atoms with Crippen LogP contribution in [0.25, 0.3) is 0 Å². The largest absolute Gasteiger partial charge is 0.456 e. The summed E-state index contributed by atoms with van der Waals surface area (Å²) < 4.78 is 8.56. The average Bonchev–Trinajstić information content (AvgIpc) is 3.10. The monoisotopic (exact) mass is 348 g/mol. The molecule has 2 aromatic rings. The lowest BCUT2D eigenvalue weighted by molar-refractivity contribution is -0.121. The minimum Gasteiger partial charge on any atom is -0.456 e. The zero-order valence-electron chi connectivity index (χ0n) is 15.2. The van der Waals surface area contributed by atoms with E-state index >= 15 is 0 Å². The number of aryl methyl sites for hydroxylation is 1. The number of anilines is 1. The molecule has 136 valence electrons. The minimum absolute atomic E-state index is 0.131. The van der Waals surface area contributed by atoms with Crippen LogP contribution in [0.4, 0.5) is 5.69 Å². The first-order valence-corrected chi connectivity index (χ1v) is 7.90. The molecule has 0 aliphatic heterocycles. The summed E-state index contributed by atoms with van der Waals surface area (Å²) in [5.74, 6) is -0.541. The number of amides is 1. The van der Waals surface area contributed by atoms with Gasteiger partial charge in [-0.3, -0.25) is 14.2 Å². The van der Waals surface area contributed by atoms with Crippen molar-refractivity contribution in [3.05, 3.63) is 29.8 Å². The van der Waals surface area contributed by atoms with Gasteiger partial charge in [0.1, 0.15) is 17.7 Å². The normalized spacial score (nSPS) is 11.2. The van der Waals surface area contributed by atoms with Crippen LogP contribution in [0, 0.1) is 0 Å². The van der Waals surface area contributed by atoms with Crippen LogP contribution < -0.4 is 10.6 Å². The molecule has 9 nitrogen and oxygen atoms in total. The van der Waals surface area contributed by atoms with Gasteiger partial charge in [0.05, 0.1) is 30.3 Å². The summed E-state index contributed by atoms with van der Waals surface area (Å²) in [5.41, 5.74) is 1.29. The third kappa shape index (κ3) is 5.07. The van der Waals surface area contributed by atoms with E-state index in [0.29, 0.717) is 17.8 Å². The average molecular weight is 348 g/mol. The quantitative estimate of drug-likeness (QED) is 0.753. The van der Waals surface area contributed by atoms with Crippen molar-refractivity contribution in [3.8, 4) is 0 Å². The van der Waals surface area contributed by atoms with E-state index in [1.54, 1.807) is 31.2 Å². The maximum Gasteiger partial charge on any atom is 0.342 e. The Hall–Kier alpha value is -2.84. The summed E-state index contributed by atoms with van der Waals surface area (Å²) in [7, 11) is 3.34. The summed E-state index contributed by atoms with van der Waals surface area (Å²) in [6.45, 7) is 5.98. The molecule has 0 aliphatic rings. The number of esters is 1. The summed E-state index contributed by atoms with van der Waals surface area (Å²) >= 11 is 0. The minimum atomic E-state index is -0.571. The van der Waals surface area contributed by atoms with E-state index in [9.17, 15) is 9.59 Å². The van der Waals surface area contributed by atoms with E-state index in [4.69, 9.17) is 4.74 Å². The van der Waals surface area contributed by atoms with Gasteiger partial charge < -0.3 is 15.4 Å². The van der Waals surface area contributed by atoms with Gasteiger partial charge in [-0.05, 0) is 20.8 Å². The van der Waals surface area contributed by atoms with Crippen LogP contribution in [0.3, 0.4) is 0 Å². The van der Waals surface area contributed by atoms with Crippen LogP contribution in [0.15, 0.2) is 18.6 Å². The third-order valence-electron chi connectivity index (χ3n) is 3.36. The number of carbonyl (C=O) groups is 2. The van der Waals surface area contributed by atoms with Crippen molar-refractivity contribution in [2.45, 2.75) is 39.5 Å². The molecule has 0 aromatic carbocycles. The Balaban J connectivity index is 2.05. The molecule has 0 bridgehead atoms. The maximum atomic E-state index is 12.3. The van der Waals surface area contributed by atoms with Gasteiger partial charge in [0.15, 0.2) is 0 Å². The van der Waals surface area contributed by atoms with E-state index in [0.717, 1.165) is 5.69 Å². The maximum absolute atomic E-state index is 12.3. The van der Waals surface area contributed by atoms with E-state index in [1.807, 2.05) is 20.8 Å². The Bertz CT molecular complexity index is 756. The lowest BCUT2D eigenvalue weighted by Gasteiger charge is -2.19. The number of carbonyl (C=O) groups excluding carboxylic acids is 2. The molecule has 0 fully saturated rings. The highest BCUT2D eigenvalue weighted by Crippen LogP contribution is 2.16. The Morgan fingerprint density at radius 3 is 2.60 bits per heavy atom. The van der Waals surface area contributed by atoms with E-state index < -0.39 is 11.6 Å². The SMILES string of the molecule is CNC(=O)Cn1cc(NCc2c(C(=O)OC(C)(C)C)cnn2C)cn1. The van der Waals surface area contributed by atoms with Crippen LogP contribution in [-0.2, 0) is 29.7 Å². The van der Waals surface area contributed by atoms with Crippen LogP contribution >= 0.6 is 0 Å². The fourth-order valence-corrected chi connectivity index (χ4v) is 2.13. The highest BCUT2D eigenvalue weighted by atomic mass is 16.6. The number of likely N-dealkylation sites (N-methyl/N-ethyl adjacent to an activating group) is 1. The van der Waals surface area contributed by atoms with Crippen LogP contribution in [0.1, 0.15) is 36.8 Å². The predicted octanol–water partition coefficient (Wildman–Crippen LogP) is 0.930. The zero-order valence-corrected chi connectivity index (χ0v) is 15.2. The molecule has 25 heavy (non-hydrogen) atoms. The molecule has 9 heteroatoms. The molecule has 0 aliphatic carbocycles. The summed E-state index contributed by atoms with van der Waals surface area (Å²) in [4.78, 5) is 23.7. The van der Waals surface area contributed by atoms with Crippen molar-refractivity contribution < 1.29 is 14.3 Å². The van der Waals surface area contributed by atoms with E-state index in [2.05, 4.69) is 20.8 Å². The van der Waals surface area contributed by atoms with Gasteiger partial charge >= 0.3 is 5.97 Å². The summed E-state index contributed by atoms with van der Waals surface area (Å²) in [6, 6.07) is 0. The second-order valence-electron chi connectivity index (χ2n) is 6.58. The lowest BCUT2D eigenvalue weighted by atomic mass is 10.2. The molecule has 2 aromatic heterocycles. The molecule has 0 spiro atoms. The van der Waals surface area contributed by atoms with Crippen molar-refractivity contribution in [2.75, 3.05) is 12.4 Å². The van der Waals surface area contributed by atoms with Crippen molar-refractivity contribution in [3.63, 3.8) is 0 Å². The van der Waals surface area contributed by atoms with Gasteiger partial charge in [0, 0.05) is 20.3 Å². The van der Waals surface area contributed by atoms with E-state index in [-0.39, 0.29) is 12.5 Å². The van der Waals surface area contributed by atoms with Crippen molar-refractivity contribution in [1.29, 1.82) is 0 Å². The first-order valence-electron chi connectivity index (χ1n) is 7.90. The van der Waals surface area contributed by atoms with Gasteiger partial charge in [-0.15, -0.1) is 0 Å². The van der Waals surface area contributed by atoms with Crippen LogP contribution in [-0.4, -0.2) is 44.1 Å². The second-order valence-corrected chi connectivity index (χ2v) is 6.58. The molecule has 2 N–H and O–H groups in total. The molecular weight excluding hydrogens is 324 g/mol. The topological polar surface area (TPSA) is 103 Å². The predicted molar refractivity (Wildman–Crippen MR) is 92.0 cm³/mol. The number of aromatic nitrogens is 4. The highest BCUT2D eigenvalue weighted by molar-refractivity contribution is 5.90. The molecule has 1 amide bonds. The van der Waals surface area contributed by atoms with Crippen molar-refractivity contribution >= 4 is 17.6 Å². The lowest BCUT2D eigenvalue weighted by Crippen LogP contribution is -2.24. The number of nitrogens with zero attached hydrogens (tertiary/aromatic N) is 4. The molecule has 0 saturated carbocycles. The molecule has 0 radical (unpaired) electrons.